The third-order valence-electron chi connectivity index (χ3n) is 1.64. The first-order valence-corrected chi connectivity index (χ1v) is 6.03. The average molecular weight is 251 g/mol. The minimum atomic E-state index is -4.01. The number of benzene rings is 1. The number of phenolic OH excluding ortho intramolecular Hbond substituents is 1. The highest BCUT2D eigenvalue weighted by atomic mass is 35.7. The van der Waals surface area contributed by atoms with Gasteiger partial charge in [0.25, 0.3) is 9.05 Å². The average Bonchev–Trinajstić information content (AvgIpc) is 2.14. The van der Waals surface area contributed by atoms with E-state index in [1.807, 2.05) is 0 Å². The molecule has 0 heterocycles. The van der Waals surface area contributed by atoms with Crippen molar-refractivity contribution in [2.45, 2.75) is 4.90 Å². The fourth-order valence-electron chi connectivity index (χ4n) is 0.968. The van der Waals surface area contributed by atoms with Crippen molar-refractivity contribution in [3.05, 3.63) is 23.8 Å². The molecule has 5 nitrogen and oxygen atoms in total. The topological polar surface area (TPSA) is 80.7 Å². The van der Waals surface area contributed by atoms with Gasteiger partial charge in [-0.1, -0.05) is 0 Å². The number of carbonyl (C=O) groups excluding carboxylic acids is 1. The van der Waals surface area contributed by atoms with Crippen molar-refractivity contribution in [2.75, 3.05) is 7.11 Å². The summed E-state index contributed by atoms with van der Waals surface area (Å²) in [6, 6.07) is 3.20. The molecule has 0 spiro atoms. The molecule has 0 saturated carbocycles. The number of phenols is 1. The van der Waals surface area contributed by atoms with Gasteiger partial charge in [-0.15, -0.1) is 0 Å². The second-order valence-electron chi connectivity index (χ2n) is 2.61. The molecule has 1 aromatic carbocycles. The largest absolute Gasteiger partial charge is 0.507 e. The maximum Gasteiger partial charge on any atom is 0.337 e. The van der Waals surface area contributed by atoms with Gasteiger partial charge in [-0.25, -0.2) is 13.2 Å². The minimum absolute atomic E-state index is 0.0408. The summed E-state index contributed by atoms with van der Waals surface area (Å²) >= 11 is 0. The van der Waals surface area contributed by atoms with Crippen LogP contribution < -0.4 is 0 Å². The van der Waals surface area contributed by atoms with E-state index in [1.165, 1.54) is 13.2 Å². The van der Waals surface area contributed by atoms with Crippen molar-refractivity contribution < 1.29 is 23.1 Å². The number of carbonyl (C=O) groups is 1. The fourth-order valence-corrected chi connectivity index (χ4v) is 1.90. The first-order valence-electron chi connectivity index (χ1n) is 3.72. The summed E-state index contributed by atoms with van der Waals surface area (Å²) < 4.78 is 26.2. The highest BCUT2D eigenvalue weighted by Crippen LogP contribution is 2.26. The van der Waals surface area contributed by atoms with Crippen LogP contribution >= 0.6 is 10.7 Å². The summed E-state index contributed by atoms with van der Waals surface area (Å²) in [6.45, 7) is 0. The Balaban J connectivity index is 3.27. The number of hydrogen-bond acceptors (Lipinski definition) is 5. The lowest BCUT2D eigenvalue weighted by molar-refractivity contribution is 0.0600. The second kappa shape index (κ2) is 4.08. The normalized spacial score (nSPS) is 11.1. The van der Waals surface area contributed by atoms with E-state index in [-0.39, 0.29) is 5.56 Å². The van der Waals surface area contributed by atoms with Crippen LogP contribution in [0.2, 0.25) is 0 Å². The molecule has 1 aromatic rings. The zero-order valence-corrected chi connectivity index (χ0v) is 9.17. The van der Waals surface area contributed by atoms with Gasteiger partial charge in [0, 0.05) is 10.7 Å². The quantitative estimate of drug-likeness (QED) is 0.628. The van der Waals surface area contributed by atoms with Crippen LogP contribution in [0.4, 0.5) is 0 Å². The molecule has 0 atom stereocenters. The molecule has 0 aliphatic rings. The molecule has 0 saturated heterocycles. The number of halogens is 1. The lowest BCUT2D eigenvalue weighted by atomic mass is 10.2. The van der Waals surface area contributed by atoms with Gasteiger partial charge in [-0.2, -0.15) is 0 Å². The van der Waals surface area contributed by atoms with Gasteiger partial charge in [-0.3, -0.25) is 0 Å². The van der Waals surface area contributed by atoms with Gasteiger partial charge in [-0.05, 0) is 18.2 Å². The van der Waals surface area contributed by atoms with Gasteiger partial charge in [0.2, 0.25) is 0 Å². The van der Waals surface area contributed by atoms with Crippen LogP contribution in [0, 0.1) is 0 Å². The van der Waals surface area contributed by atoms with Crippen LogP contribution in [0.15, 0.2) is 23.1 Å². The highest BCUT2D eigenvalue weighted by molar-refractivity contribution is 8.13. The Morgan fingerprint density at radius 3 is 2.47 bits per heavy atom. The maximum absolute atomic E-state index is 11.0. The molecule has 1 N–H and O–H groups in total. The smallest absolute Gasteiger partial charge is 0.337 e. The molecule has 0 radical (unpaired) electrons. The van der Waals surface area contributed by atoms with Gasteiger partial charge < -0.3 is 9.84 Å². The number of ether oxygens (including phenoxy) is 1. The van der Waals surface area contributed by atoms with Gasteiger partial charge in [0.05, 0.1) is 12.7 Å². The SMILES string of the molecule is COC(=O)c1ccc(S(=O)(=O)Cl)c(O)c1. The summed E-state index contributed by atoms with van der Waals surface area (Å²) in [7, 11) is 2.19. The summed E-state index contributed by atoms with van der Waals surface area (Å²) in [5, 5.41) is 9.30. The van der Waals surface area contributed by atoms with Crippen molar-refractivity contribution in [1.82, 2.24) is 0 Å². The monoisotopic (exact) mass is 250 g/mol. The molecule has 1 rings (SSSR count). The number of aromatic hydroxyl groups is 1. The third kappa shape index (κ3) is 2.60. The van der Waals surface area contributed by atoms with Crippen LogP contribution in [0.25, 0.3) is 0 Å². The number of methoxy groups -OCH3 is 1. The molecule has 0 unspecified atom stereocenters. The molecule has 0 aliphatic carbocycles. The van der Waals surface area contributed by atoms with E-state index in [4.69, 9.17) is 10.7 Å². The Bertz CT molecular complexity index is 494. The molecule has 0 bridgehead atoms. The molecular formula is C8H7ClO5S. The number of rotatable bonds is 2. The summed E-state index contributed by atoms with van der Waals surface area (Å²) in [5.41, 5.74) is 0.0408. The molecule has 15 heavy (non-hydrogen) atoms. The third-order valence-corrected chi connectivity index (χ3v) is 3.01. The molecule has 82 valence electrons. The molecule has 0 aromatic heterocycles. The van der Waals surface area contributed by atoms with Crippen LogP contribution in [-0.4, -0.2) is 26.6 Å². The maximum atomic E-state index is 11.0. The number of hydrogen-bond donors (Lipinski definition) is 1. The first kappa shape index (κ1) is 11.8. The van der Waals surface area contributed by atoms with Gasteiger partial charge in [0.1, 0.15) is 10.6 Å². The number of esters is 1. The van der Waals surface area contributed by atoms with Crippen LogP contribution in [-0.2, 0) is 13.8 Å². The Morgan fingerprint density at radius 2 is 2.07 bits per heavy atom. The van der Waals surface area contributed by atoms with Crippen LogP contribution in [0.1, 0.15) is 10.4 Å². The van der Waals surface area contributed by atoms with Crippen molar-refractivity contribution >= 4 is 25.7 Å². The summed E-state index contributed by atoms with van der Waals surface area (Å²) in [5.74, 6) is -1.27. The van der Waals surface area contributed by atoms with Gasteiger partial charge >= 0.3 is 5.97 Å². The Kier molecular flexibility index (Phi) is 3.21. The first-order chi connectivity index (χ1) is 6.86. The fraction of sp³-hybridized carbons (Fsp3) is 0.125. The summed E-state index contributed by atoms with van der Waals surface area (Å²) in [6.07, 6.45) is 0. The van der Waals surface area contributed by atoms with Crippen molar-refractivity contribution in [3.63, 3.8) is 0 Å². The zero-order valence-electron chi connectivity index (χ0n) is 7.60. The standard InChI is InChI=1S/C8H7ClO5S/c1-14-8(11)5-2-3-7(6(10)4-5)15(9,12)13/h2-4,10H,1H3. The van der Waals surface area contributed by atoms with E-state index in [9.17, 15) is 18.3 Å². The molecule has 0 amide bonds. The van der Waals surface area contributed by atoms with E-state index >= 15 is 0 Å². The minimum Gasteiger partial charge on any atom is -0.507 e. The van der Waals surface area contributed by atoms with E-state index in [0.717, 1.165) is 12.1 Å². The lowest BCUT2D eigenvalue weighted by Gasteiger charge is -2.03. The van der Waals surface area contributed by atoms with Crippen molar-refractivity contribution in [3.8, 4) is 5.75 Å². The zero-order chi connectivity index (χ0) is 11.6. The molecule has 0 aliphatic heterocycles. The highest BCUT2D eigenvalue weighted by Gasteiger charge is 2.17. The van der Waals surface area contributed by atoms with Crippen molar-refractivity contribution in [1.29, 1.82) is 0 Å². The van der Waals surface area contributed by atoms with Gasteiger partial charge in [0.15, 0.2) is 0 Å². The Hall–Kier alpha value is -1.27. The Morgan fingerprint density at radius 1 is 1.47 bits per heavy atom. The van der Waals surface area contributed by atoms with E-state index < -0.39 is 25.7 Å². The van der Waals surface area contributed by atoms with Crippen LogP contribution in [0.3, 0.4) is 0 Å². The predicted octanol–water partition coefficient (Wildman–Crippen LogP) is 1.11. The predicted molar refractivity (Wildman–Crippen MR) is 52.5 cm³/mol. The van der Waals surface area contributed by atoms with E-state index in [1.54, 1.807) is 0 Å². The molecular weight excluding hydrogens is 244 g/mol. The second-order valence-corrected chi connectivity index (χ2v) is 5.15. The molecule has 7 heteroatoms. The summed E-state index contributed by atoms with van der Waals surface area (Å²) in [4.78, 5) is 10.6. The van der Waals surface area contributed by atoms with Crippen LogP contribution in [0.5, 0.6) is 5.75 Å². The van der Waals surface area contributed by atoms with E-state index in [2.05, 4.69) is 4.74 Å². The van der Waals surface area contributed by atoms with E-state index in [0.29, 0.717) is 0 Å². The lowest BCUT2D eigenvalue weighted by Crippen LogP contribution is -2.01. The van der Waals surface area contributed by atoms with Crippen molar-refractivity contribution in [2.24, 2.45) is 0 Å². The molecule has 0 fully saturated rings. The Labute approximate surface area is 90.7 Å².